The second-order valence-corrected chi connectivity index (χ2v) is 7.65. The molecule has 1 N–H and O–H groups in total. The summed E-state index contributed by atoms with van der Waals surface area (Å²) >= 11 is 0. The number of ether oxygens (including phenoxy) is 1. The zero-order chi connectivity index (χ0) is 25.0. The molecule has 2 aromatic carbocycles. The van der Waals surface area contributed by atoms with E-state index in [1.54, 1.807) is 7.11 Å². The number of nitrogens with one attached hydrogen (secondary N) is 1. The third kappa shape index (κ3) is 12.0. The third-order valence-corrected chi connectivity index (χ3v) is 5.15. The van der Waals surface area contributed by atoms with Crippen LogP contribution in [0.3, 0.4) is 0 Å². The van der Waals surface area contributed by atoms with Crippen LogP contribution < -0.4 is 15.0 Å². The van der Waals surface area contributed by atoms with Crippen LogP contribution in [-0.4, -0.2) is 58.7 Å². The predicted molar refractivity (Wildman–Crippen MR) is 146 cm³/mol. The molecule has 0 unspecified atom stereocenters. The Hall–Kier alpha value is -2.67. The largest absolute Gasteiger partial charge is 0.497 e. The van der Waals surface area contributed by atoms with E-state index in [0.717, 1.165) is 56.9 Å². The van der Waals surface area contributed by atoms with Gasteiger partial charge in [-0.2, -0.15) is 5.06 Å². The van der Waals surface area contributed by atoms with Crippen molar-refractivity contribution in [1.82, 2.24) is 10.4 Å². The molecule has 0 fully saturated rings. The van der Waals surface area contributed by atoms with E-state index in [9.17, 15) is 0 Å². The Morgan fingerprint density at radius 2 is 1.85 bits per heavy atom. The predicted octanol–water partition coefficient (Wildman–Crippen LogP) is 5.57. The minimum absolute atomic E-state index is 0.684. The van der Waals surface area contributed by atoms with Gasteiger partial charge in [0.2, 0.25) is 0 Å². The van der Waals surface area contributed by atoms with Gasteiger partial charge >= 0.3 is 0 Å². The summed E-state index contributed by atoms with van der Waals surface area (Å²) in [6, 6.07) is 18.6. The normalized spacial score (nSPS) is 11.1. The van der Waals surface area contributed by atoms with Gasteiger partial charge in [-0.05, 0) is 61.5 Å². The van der Waals surface area contributed by atoms with Gasteiger partial charge in [0.1, 0.15) is 5.75 Å². The second-order valence-electron chi connectivity index (χ2n) is 7.65. The number of rotatable bonds is 16. The Kier molecular flexibility index (Phi) is 16.2. The van der Waals surface area contributed by atoms with E-state index in [0.29, 0.717) is 6.61 Å². The van der Waals surface area contributed by atoms with E-state index in [2.05, 4.69) is 59.2 Å². The van der Waals surface area contributed by atoms with Crippen molar-refractivity contribution in [2.45, 2.75) is 40.2 Å². The molecule has 0 aliphatic heterocycles. The smallest absolute Gasteiger partial charge is 0.119 e. The lowest BCUT2D eigenvalue weighted by atomic mass is 10.2. The van der Waals surface area contributed by atoms with Gasteiger partial charge < -0.3 is 15.0 Å². The lowest BCUT2D eigenvalue weighted by Crippen LogP contribution is -2.34. The van der Waals surface area contributed by atoms with Gasteiger partial charge in [-0.1, -0.05) is 51.1 Å². The van der Waals surface area contributed by atoms with Crippen LogP contribution in [0.5, 0.6) is 5.75 Å². The maximum Gasteiger partial charge on any atom is 0.119 e. The molecule has 0 aromatic heterocycles. The van der Waals surface area contributed by atoms with Gasteiger partial charge in [0, 0.05) is 45.1 Å². The molecule has 0 aliphatic carbocycles. The highest BCUT2D eigenvalue weighted by atomic mass is 16.7. The molecule has 0 saturated heterocycles. The fourth-order valence-corrected chi connectivity index (χ4v) is 3.39. The molecule has 188 valence electrons. The first kappa shape index (κ1) is 29.4. The number of benzene rings is 2. The second kappa shape index (κ2) is 18.7. The summed E-state index contributed by atoms with van der Waals surface area (Å²) in [5, 5.41) is 5.41. The van der Waals surface area contributed by atoms with Crippen molar-refractivity contribution in [1.29, 1.82) is 0 Å². The zero-order valence-corrected chi connectivity index (χ0v) is 21.8. The Balaban J connectivity index is 0.00000281. The average molecular weight is 469 g/mol. The Labute approximate surface area is 207 Å². The van der Waals surface area contributed by atoms with E-state index in [4.69, 9.17) is 9.57 Å². The molecule has 34 heavy (non-hydrogen) atoms. The Bertz CT molecular complexity index is 811. The molecular formula is C28H44N4O2. The molecule has 0 saturated carbocycles. The molecule has 0 radical (unpaired) electrons. The van der Waals surface area contributed by atoms with Crippen LogP contribution in [0.15, 0.2) is 71.4 Å². The van der Waals surface area contributed by atoms with Gasteiger partial charge in [0.05, 0.1) is 13.7 Å². The van der Waals surface area contributed by atoms with Gasteiger partial charge in [0.25, 0.3) is 0 Å². The summed E-state index contributed by atoms with van der Waals surface area (Å²) < 4.78 is 5.28. The molecule has 0 aliphatic rings. The highest BCUT2D eigenvalue weighted by Gasteiger charge is 2.08. The zero-order valence-electron chi connectivity index (χ0n) is 21.8. The van der Waals surface area contributed by atoms with E-state index in [1.165, 1.54) is 11.3 Å². The molecule has 6 nitrogen and oxygen atoms in total. The molecule has 2 rings (SSSR count). The maximum absolute atomic E-state index is 5.83. The van der Waals surface area contributed by atoms with Gasteiger partial charge in [-0.3, -0.25) is 9.83 Å². The lowest BCUT2D eigenvalue weighted by molar-refractivity contribution is -0.147. The van der Waals surface area contributed by atoms with Gasteiger partial charge in [0.15, 0.2) is 0 Å². The molecule has 0 amide bonds. The van der Waals surface area contributed by atoms with Crippen molar-refractivity contribution >= 4 is 12.4 Å². The van der Waals surface area contributed by atoms with Crippen LogP contribution in [0, 0.1) is 0 Å². The van der Waals surface area contributed by atoms with Crippen LogP contribution >= 0.6 is 0 Å². The number of hydrogen-bond donors (Lipinski definition) is 1. The van der Waals surface area contributed by atoms with Crippen LogP contribution in [0.2, 0.25) is 0 Å². The SMILES string of the molecule is C=N/C=C(\CC)CN(CCNCCCON(C)Cc1cccc(OC)c1)c1ccccc1.CC. The first-order valence-corrected chi connectivity index (χ1v) is 12.3. The molecule has 0 spiro atoms. The maximum atomic E-state index is 5.83. The van der Waals surface area contributed by atoms with E-state index < -0.39 is 0 Å². The van der Waals surface area contributed by atoms with Crippen molar-refractivity contribution in [3.63, 3.8) is 0 Å². The number of hydroxylamine groups is 2. The summed E-state index contributed by atoms with van der Waals surface area (Å²) in [6.07, 6.45) is 3.80. The van der Waals surface area contributed by atoms with E-state index in [1.807, 2.05) is 56.4 Å². The van der Waals surface area contributed by atoms with Crippen molar-refractivity contribution in [3.05, 3.63) is 71.9 Å². The Morgan fingerprint density at radius 3 is 2.53 bits per heavy atom. The molecule has 2 aromatic rings. The number of aliphatic imine (C=N–C) groups is 1. The van der Waals surface area contributed by atoms with Gasteiger partial charge in [-0.15, -0.1) is 0 Å². The minimum Gasteiger partial charge on any atom is -0.497 e. The molecular weight excluding hydrogens is 424 g/mol. The fourth-order valence-electron chi connectivity index (χ4n) is 3.39. The number of methoxy groups -OCH3 is 1. The highest BCUT2D eigenvalue weighted by molar-refractivity contribution is 5.47. The lowest BCUT2D eigenvalue weighted by Gasteiger charge is -2.26. The number of nitrogens with zero attached hydrogens (tertiary/aromatic N) is 3. The van der Waals surface area contributed by atoms with Crippen LogP contribution in [0.1, 0.15) is 39.2 Å². The average Bonchev–Trinajstić information content (AvgIpc) is 2.88. The van der Waals surface area contributed by atoms with Crippen LogP contribution in [0.25, 0.3) is 0 Å². The first-order chi connectivity index (χ1) is 16.7. The van der Waals surface area contributed by atoms with Crippen molar-refractivity contribution < 1.29 is 9.57 Å². The van der Waals surface area contributed by atoms with Gasteiger partial charge in [-0.25, -0.2) is 0 Å². The van der Waals surface area contributed by atoms with E-state index in [-0.39, 0.29) is 0 Å². The summed E-state index contributed by atoms with van der Waals surface area (Å²) in [6.45, 7) is 14.8. The first-order valence-electron chi connectivity index (χ1n) is 12.3. The summed E-state index contributed by atoms with van der Waals surface area (Å²) in [7, 11) is 3.64. The number of para-hydroxylation sites is 1. The van der Waals surface area contributed by atoms with Crippen molar-refractivity contribution in [2.24, 2.45) is 4.99 Å². The van der Waals surface area contributed by atoms with Crippen molar-refractivity contribution in [3.8, 4) is 5.75 Å². The monoisotopic (exact) mass is 468 g/mol. The number of hydrogen-bond acceptors (Lipinski definition) is 6. The highest BCUT2D eigenvalue weighted by Crippen LogP contribution is 2.16. The van der Waals surface area contributed by atoms with E-state index >= 15 is 0 Å². The quantitative estimate of drug-likeness (QED) is 0.198. The van der Waals surface area contributed by atoms with Crippen LogP contribution in [0.4, 0.5) is 5.69 Å². The summed E-state index contributed by atoms with van der Waals surface area (Å²) in [4.78, 5) is 12.2. The van der Waals surface area contributed by atoms with Crippen LogP contribution in [-0.2, 0) is 11.4 Å². The topological polar surface area (TPSA) is 49.3 Å². The summed E-state index contributed by atoms with van der Waals surface area (Å²) in [5.41, 5.74) is 3.66. The van der Waals surface area contributed by atoms with Crippen molar-refractivity contribution in [2.75, 3.05) is 51.8 Å². The fraction of sp³-hybridized carbons (Fsp3) is 0.464. The molecule has 0 heterocycles. The molecule has 0 atom stereocenters. The standard InChI is InChI=1S/C26H38N4O2.C2H6/c1-5-23(20-27-2)22-30(25-12-7-6-8-13-25)17-16-28-15-10-18-32-29(3)21-24-11-9-14-26(19-24)31-4;1-2/h6-9,11-14,19-20,28H,2,5,10,15-18,21-22H2,1,3-4H3;1-2H3/b23-20+;. The molecule has 0 bridgehead atoms. The third-order valence-electron chi connectivity index (χ3n) is 5.15. The summed E-state index contributed by atoms with van der Waals surface area (Å²) in [5.74, 6) is 0.868. The Morgan fingerprint density at radius 1 is 1.09 bits per heavy atom. The molecule has 6 heteroatoms. The minimum atomic E-state index is 0.684. The number of anilines is 1.